The third-order valence-corrected chi connectivity index (χ3v) is 8.22. The monoisotopic (exact) mass is 497 g/mol. The van der Waals surface area contributed by atoms with Crippen LogP contribution in [0.3, 0.4) is 0 Å². The van der Waals surface area contributed by atoms with Gasteiger partial charge in [0.25, 0.3) is 0 Å². The maximum atomic E-state index is 13.2. The number of carbonyl (C=O) groups is 1. The van der Waals surface area contributed by atoms with Crippen LogP contribution in [0.15, 0.2) is 65.8 Å². The molecule has 34 heavy (non-hydrogen) atoms. The van der Waals surface area contributed by atoms with E-state index in [-0.39, 0.29) is 29.8 Å². The fraction of sp³-hybridized carbons (Fsp3) is 0.292. The summed E-state index contributed by atoms with van der Waals surface area (Å²) in [7, 11) is -1.82. The van der Waals surface area contributed by atoms with E-state index in [4.69, 9.17) is 16.9 Å². The summed E-state index contributed by atoms with van der Waals surface area (Å²) in [5.74, 6) is 0.234. The van der Waals surface area contributed by atoms with Crippen molar-refractivity contribution in [2.45, 2.75) is 23.8 Å². The van der Waals surface area contributed by atoms with Gasteiger partial charge in [-0.1, -0.05) is 23.7 Å². The van der Waals surface area contributed by atoms with Crippen LogP contribution < -0.4 is 5.32 Å². The molecule has 1 atom stereocenters. The first-order chi connectivity index (χ1) is 16.3. The number of amides is 1. The molecular weight excluding hydrogens is 474 g/mol. The van der Waals surface area contributed by atoms with Gasteiger partial charge in [-0.15, -0.1) is 0 Å². The molecular formula is C24H24ClN5O3S. The number of imidazole rings is 1. The van der Waals surface area contributed by atoms with Gasteiger partial charge in [-0.3, -0.25) is 4.79 Å². The Bertz CT molecular complexity index is 1310. The molecule has 10 heteroatoms. The second-order valence-electron chi connectivity index (χ2n) is 8.20. The second-order valence-corrected chi connectivity index (χ2v) is 10.6. The minimum absolute atomic E-state index is 0.140. The van der Waals surface area contributed by atoms with Gasteiger partial charge in [-0.25, -0.2) is 13.4 Å². The molecule has 0 spiro atoms. The largest absolute Gasteiger partial charge is 0.342 e. The van der Waals surface area contributed by atoms with Crippen LogP contribution in [-0.4, -0.2) is 41.3 Å². The Morgan fingerprint density at radius 3 is 2.35 bits per heavy atom. The van der Waals surface area contributed by atoms with Gasteiger partial charge in [0.2, 0.25) is 15.9 Å². The van der Waals surface area contributed by atoms with Crippen molar-refractivity contribution in [2.75, 3.05) is 13.1 Å². The summed E-state index contributed by atoms with van der Waals surface area (Å²) in [4.78, 5) is 17.7. The highest BCUT2D eigenvalue weighted by atomic mass is 35.5. The molecule has 0 radical (unpaired) electrons. The number of carbonyl (C=O) groups excluding carboxylic acids is 1. The lowest BCUT2D eigenvalue weighted by Crippen LogP contribution is -2.44. The predicted molar refractivity (Wildman–Crippen MR) is 127 cm³/mol. The molecule has 0 aliphatic carbocycles. The number of sulfonamides is 1. The zero-order valence-corrected chi connectivity index (χ0v) is 20.1. The minimum Gasteiger partial charge on any atom is -0.342 e. The highest BCUT2D eigenvalue weighted by molar-refractivity contribution is 7.89. The van der Waals surface area contributed by atoms with Crippen LogP contribution in [-0.2, 0) is 21.9 Å². The second kappa shape index (κ2) is 9.97. The number of nitrogens with one attached hydrogen (secondary N) is 1. The number of aromatic nitrogens is 2. The van der Waals surface area contributed by atoms with Crippen molar-refractivity contribution >= 4 is 27.5 Å². The first-order valence-electron chi connectivity index (χ1n) is 10.8. The standard InChI is InChI=1S/C24H24ClN5O3S/c1-29-15-12-27-23(29)22(18-4-6-20(25)7-5-18)28-24(31)19-10-13-30(14-11-19)34(32,33)21-8-2-17(16-26)3-9-21/h2-9,12,15,19,22H,10-11,13-14H2,1H3,(H,28,31)/t22-/m0/s1. The van der Waals surface area contributed by atoms with Crippen molar-refractivity contribution in [2.24, 2.45) is 13.0 Å². The van der Waals surface area contributed by atoms with Crippen LogP contribution in [0.25, 0.3) is 0 Å². The predicted octanol–water partition coefficient (Wildman–Crippen LogP) is 3.25. The number of aryl methyl sites for hydroxylation is 1. The molecule has 0 bridgehead atoms. The number of benzene rings is 2. The van der Waals surface area contributed by atoms with E-state index in [0.717, 1.165) is 5.56 Å². The number of piperidine rings is 1. The number of nitriles is 1. The summed E-state index contributed by atoms with van der Waals surface area (Å²) in [5, 5.41) is 12.6. The Balaban J connectivity index is 1.45. The smallest absolute Gasteiger partial charge is 0.243 e. The van der Waals surface area contributed by atoms with E-state index >= 15 is 0 Å². The van der Waals surface area contributed by atoms with Crippen molar-refractivity contribution in [1.29, 1.82) is 5.26 Å². The summed E-state index contributed by atoms with van der Waals surface area (Å²) in [5.41, 5.74) is 1.25. The maximum Gasteiger partial charge on any atom is 0.243 e. The van der Waals surface area contributed by atoms with E-state index in [1.54, 1.807) is 18.3 Å². The van der Waals surface area contributed by atoms with Crippen LogP contribution in [0.5, 0.6) is 0 Å². The molecule has 2 aromatic carbocycles. The van der Waals surface area contributed by atoms with Crippen molar-refractivity contribution in [3.63, 3.8) is 0 Å². The van der Waals surface area contributed by atoms with Gasteiger partial charge in [0.1, 0.15) is 11.9 Å². The van der Waals surface area contributed by atoms with Crippen molar-refractivity contribution in [1.82, 2.24) is 19.2 Å². The number of nitrogens with zero attached hydrogens (tertiary/aromatic N) is 4. The lowest BCUT2D eigenvalue weighted by Gasteiger charge is -2.31. The molecule has 1 amide bonds. The number of hydrogen-bond acceptors (Lipinski definition) is 5. The average Bonchev–Trinajstić information content (AvgIpc) is 3.28. The van der Waals surface area contributed by atoms with Crippen LogP contribution >= 0.6 is 11.6 Å². The Hall–Kier alpha value is -3.19. The highest BCUT2D eigenvalue weighted by Crippen LogP contribution is 2.27. The summed E-state index contributed by atoms with van der Waals surface area (Å²) in [6, 6.07) is 14.6. The zero-order chi connectivity index (χ0) is 24.3. The molecule has 8 nitrogen and oxygen atoms in total. The topological polar surface area (TPSA) is 108 Å². The van der Waals surface area contributed by atoms with Crippen LogP contribution in [0, 0.1) is 17.2 Å². The molecule has 0 unspecified atom stereocenters. The lowest BCUT2D eigenvalue weighted by atomic mass is 9.96. The third kappa shape index (κ3) is 4.99. The molecule has 3 aromatic rings. The molecule has 1 aliphatic rings. The molecule has 1 saturated heterocycles. The molecule has 1 fully saturated rings. The van der Waals surface area contributed by atoms with Gasteiger partial charge in [0.05, 0.1) is 16.5 Å². The van der Waals surface area contributed by atoms with Crippen molar-refractivity contribution in [3.05, 3.63) is 82.9 Å². The first-order valence-corrected chi connectivity index (χ1v) is 12.6. The van der Waals surface area contributed by atoms with E-state index in [1.165, 1.54) is 28.6 Å². The molecule has 0 saturated carbocycles. The maximum absolute atomic E-state index is 13.2. The molecule has 176 valence electrons. The summed E-state index contributed by atoms with van der Waals surface area (Å²) >= 11 is 6.03. The van der Waals surface area contributed by atoms with Gasteiger partial charge in [-0.2, -0.15) is 9.57 Å². The lowest BCUT2D eigenvalue weighted by molar-refractivity contribution is -0.126. The molecule has 1 N–H and O–H groups in total. The van der Waals surface area contributed by atoms with Gasteiger partial charge < -0.3 is 9.88 Å². The van der Waals surface area contributed by atoms with Crippen molar-refractivity contribution < 1.29 is 13.2 Å². The van der Waals surface area contributed by atoms with E-state index < -0.39 is 16.1 Å². The summed E-state index contributed by atoms with van der Waals surface area (Å²) < 4.78 is 29.2. The van der Waals surface area contributed by atoms with Gasteiger partial charge in [-0.05, 0) is 54.8 Å². The molecule has 1 aliphatic heterocycles. The highest BCUT2D eigenvalue weighted by Gasteiger charge is 2.33. The van der Waals surface area contributed by atoms with Crippen LogP contribution in [0.2, 0.25) is 5.02 Å². The third-order valence-electron chi connectivity index (χ3n) is 6.05. The van der Waals surface area contributed by atoms with Gasteiger partial charge >= 0.3 is 0 Å². The normalized spacial score (nSPS) is 16.0. The Kier molecular flexibility index (Phi) is 7.03. The van der Waals surface area contributed by atoms with E-state index in [9.17, 15) is 13.2 Å². The SMILES string of the molecule is Cn1ccnc1[C@@H](NC(=O)C1CCN(S(=O)(=O)c2ccc(C#N)cc2)CC1)c1ccc(Cl)cc1. The summed E-state index contributed by atoms with van der Waals surface area (Å²) in [6.07, 6.45) is 4.32. The average molecular weight is 498 g/mol. The van der Waals surface area contributed by atoms with Gasteiger partial charge in [0.15, 0.2) is 0 Å². The summed E-state index contributed by atoms with van der Waals surface area (Å²) in [6.45, 7) is 0.489. The van der Waals surface area contributed by atoms with E-state index in [0.29, 0.717) is 29.3 Å². The minimum atomic E-state index is -3.68. The fourth-order valence-corrected chi connectivity index (χ4v) is 5.67. The number of rotatable bonds is 6. The Labute approximate surface area is 203 Å². The molecule has 4 rings (SSSR count). The molecule has 2 heterocycles. The van der Waals surface area contributed by atoms with Crippen LogP contribution in [0.4, 0.5) is 0 Å². The Morgan fingerprint density at radius 2 is 1.79 bits per heavy atom. The quantitative estimate of drug-likeness (QED) is 0.562. The van der Waals surface area contributed by atoms with Gasteiger partial charge in [0, 0.05) is 43.5 Å². The van der Waals surface area contributed by atoms with Crippen LogP contribution in [0.1, 0.15) is 35.8 Å². The Morgan fingerprint density at radius 1 is 1.15 bits per heavy atom. The molecule has 1 aromatic heterocycles. The first kappa shape index (κ1) is 24.0. The van der Waals surface area contributed by atoms with E-state index in [2.05, 4.69) is 10.3 Å². The number of hydrogen-bond donors (Lipinski definition) is 1. The van der Waals surface area contributed by atoms with Crippen molar-refractivity contribution in [3.8, 4) is 6.07 Å². The fourth-order valence-electron chi connectivity index (χ4n) is 4.08. The zero-order valence-electron chi connectivity index (χ0n) is 18.6. The number of halogens is 1. The van der Waals surface area contributed by atoms with E-state index in [1.807, 2.05) is 36.0 Å².